The number of nitrogens with zero attached hydrogens (tertiary/aromatic N) is 1. The van der Waals surface area contributed by atoms with E-state index in [-0.39, 0.29) is 25.4 Å². The molecule has 2 aliphatic carbocycles. The molecule has 0 radical (unpaired) electrons. The second-order valence-electron chi connectivity index (χ2n) is 8.42. The molecule has 0 saturated carbocycles. The molecule has 158 valence electrons. The number of carbonyl (C=O) groups is 1. The van der Waals surface area contributed by atoms with Crippen LogP contribution in [0.5, 0.6) is 5.75 Å². The van der Waals surface area contributed by atoms with Crippen LogP contribution in [0, 0.1) is 0 Å². The zero-order chi connectivity index (χ0) is 21.6. The van der Waals surface area contributed by atoms with Crippen molar-refractivity contribution in [3.63, 3.8) is 0 Å². The number of rotatable bonds is 5. The van der Waals surface area contributed by atoms with Gasteiger partial charge in [0.1, 0.15) is 12.4 Å². The summed E-state index contributed by atoms with van der Waals surface area (Å²) in [6, 6.07) is 5.50. The highest BCUT2D eigenvalue weighted by molar-refractivity contribution is 9.11. The number of hydrogen-bond acceptors (Lipinski definition) is 4. The van der Waals surface area contributed by atoms with E-state index in [1.807, 2.05) is 19.2 Å². The van der Waals surface area contributed by atoms with Crippen LogP contribution in [-0.2, 0) is 12.5 Å². The van der Waals surface area contributed by atoms with Crippen LogP contribution in [0.25, 0.3) is 12.2 Å². The van der Waals surface area contributed by atoms with Crippen molar-refractivity contribution in [3.05, 3.63) is 62.4 Å². The number of carbonyl (C=O) groups excluding carboxylic acids is 1. The predicted octanol–water partition coefficient (Wildman–Crippen LogP) is 4.17. The summed E-state index contributed by atoms with van der Waals surface area (Å²) in [6.45, 7) is 4.27. The van der Waals surface area contributed by atoms with Crippen LogP contribution in [-0.4, -0.2) is 39.9 Å². The van der Waals surface area contributed by atoms with Crippen molar-refractivity contribution in [2.24, 2.45) is 7.05 Å². The predicted molar refractivity (Wildman–Crippen MR) is 121 cm³/mol. The van der Waals surface area contributed by atoms with Gasteiger partial charge in [0, 0.05) is 46.1 Å². The maximum Gasteiger partial charge on any atom is 0.195 e. The highest BCUT2D eigenvalue weighted by Crippen LogP contribution is 2.46. The third kappa shape index (κ3) is 3.37. The Kier molecular flexibility index (Phi) is 5.51. The number of hydrogen-bond donors (Lipinski definition) is 2. The van der Waals surface area contributed by atoms with Gasteiger partial charge in [0.25, 0.3) is 0 Å². The summed E-state index contributed by atoms with van der Waals surface area (Å²) in [5.41, 5.74) is 4.95. The molecule has 1 atom stereocenters. The number of aliphatic hydroxyl groups is 2. The molecule has 5 nitrogen and oxygen atoms in total. The molecule has 0 amide bonds. The summed E-state index contributed by atoms with van der Waals surface area (Å²) in [5, 5.41) is 18.8. The topological polar surface area (TPSA) is 71.7 Å². The van der Waals surface area contributed by atoms with E-state index in [1.165, 1.54) is 0 Å². The molecule has 2 aliphatic rings. The highest BCUT2D eigenvalue weighted by Gasteiger charge is 2.42. The van der Waals surface area contributed by atoms with Gasteiger partial charge in [-0.05, 0) is 42.7 Å². The maximum absolute atomic E-state index is 13.5. The van der Waals surface area contributed by atoms with Gasteiger partial charge in [-0.2, -0.15) is 0 Å². The first-order valence-corrected chi connectivity index (χ1v) is 10.9. The van der Waals surface area contributed by atoms with Crippen molar-refractivity contribution >= 4 is 33.9 Å². The van der Waals surface area contributed by atoms with Crippen LogP contribution < -0.4 is 4.74 Å². The van der Waals surface area contributed by atoms with E-state index in [4.69, 9.17) is 9.84 Å². The van der Waals surface area contributed by atoms with Gasteiger partial charge in [0.15, 0.2) is 5.78 Å². The Hall–Kier alpha value is -2.15. The summed E-state index contributed by atoms with van der Waals surface area (Å²) in [4.78, 5) is 13.5. The third-order valence-electron chi connectivity index (χ3n) is 6.00. The smallest absolute Gasteiger partial charge is 0.195 e. The maximum atomic E-state index is 13.5. The lowest BCUT2D eigenvalue weighted by Crippen LogP contribution is -2.32. The van der Waals surface area contributed by atoms with E-state index in [2.05, 4.69) is 52.6 Å². The number of halogens is 1. The molecular weight excluding hydrogens is 446 g/mol. The number of benzene rings is 1. The van der Waals surface area contributed by atoms with Gasteiger partial charge in [-0.1, -0.05) is 41.9 Å². The normalized spacial score (nSPS) is 17.5. The lowest BCUT2D eigenvalue weighted by molar-refractivity contribution is 0.0820. The van der Waals surface area contributed by atoms with E-state index >= 15 is 0 Å². The minimum Gasteiger partial charge on any atom is -0.491 e. The Morgan fingerprint density at radius 1 is 1.33 bits per heavy atom. The molecule has 1 aromatic heterocycles. The molecule has 2 aromatic rings. The van der Waals surface area contributed by atoms with Gasteiger partial charge in [-0.15, -0.1) is 0 Å². The largest absolute Gasteiger partial charge is 0.491 e. The Labute approximate surface area is 184 Å². The van der Waals surface area contributed by atoms with Crippen LogP contribution in [0.15, 0.2) is 28.8 Å². The first-order chi connectivity index (χ1) is 14.3. The minimum absolute atomic E-state index is 0.0270. The monoisotopic (exact) mass is 471 g/mol. The van der Waals surface area contributed by atoms with Crippen molar-refractivity contribution in [2.75, 3.05) is 13.2 Å². The standard InChI is InChI=1S/C24H26BrNO4/c1-24(2)19-12-16(30-13-15(28)9-10-27)7-8-17(19)22(29)21-18-6-4-5-14(25)11-20(18)26(3)23(21)24/h4,6-8,11-12,15,27-28H,5,9-10,13H2,1-3H3/t15-/m0/s1. The molecule has 0 fully saturated rings. The van der Waals surface area contributed by atoms with Crippen LogP contribution in [0.1, 0.15) is 65.1 Å². The van der Waals surface area contributed by atoms with E-state index in [1.54, 1.807) is 6.07 Å². The van der Waals surface area contributed by atoms with Crippen molar-refractivity contribution in [2.45, 2.75) is 38.2 Å². The second-order valence-corrected chi connectivity index (χ2v) is 9.44. The molecule has 0 saturated heterocycles. The number of ether oxygens (including phenoxy) is 1. The van der Waals surface area contributed by atoms with Gasteiger partial charge in [-0.25, -0.2) is 0 Å². The molecule has 0 unspecified atom stereocenters. The summed E-state index contributed by atoms with van der Waals surface area (Å²) in [6.07, 6.45) is 6.57. The van der Waals surface area contributed by atoms with Crippen LogP contribution >= 0.6 is 15.9 Å². The zero-order valence-corrected chi connectivity index (χ0v) is 19.0. The first kappa shape index (κ1) is 21.1. The molecule has 2 N–H and O–H groups in total. The molecular formula is C24H26BrNO4. The number of allylic oxidation sites excluding steroid dienone is 2. The molecule has 0 bridgehead atoms. The van der Waals surface area contributed by atoms with Crippen LogP contribution in [0.2, 0.25) is 0 Å². The van der Waals surface area contributed by atoms with Gasteiger partial charge < -0.3 is 19.5 Å². The molecule has 1 heterocycles. The van der Waals surface area contributed by atoms with Crippen molar-refractivity contribution in [3.8, 4) is 5.75 Å². The summed E-state index contributed by atoms with van der Waals surface area (Å²) in [7, 11) is 2.01. The van der Waals surface area contributed by atoms with Gasteiger partial charge in [0.05, 0.1) is 11.7 Å². The highest BCUT2D eigenvalue weighted by atomic mass is 79.9. The Morgan fingerprint density at radius 3 is 2.83 bits per heavy atom. The Bertz CT molecular complexity index is 1080. The average molecular weight is 472 g/mol. The molecule has 6 heteroatoms. The Balaban J connectivity index is 1.80. The Morgan fingerprint density at radius 2 is 2.10 bits per heavy atom. The number of ketones is 1. The number of aromatic nitrogens is 1. The number of aliphatic hydroxyl groups excluding tert-OH is 2. The van der Waals surface area contributed by atoms with Gasteiger partial charge >= 0.3 is 0 Å². The minimum atomic E-state index is -0.729. The lowest BCUT2D eigenvalue weighted by Gasteiger charge is -2.34. The van der Waals surface area contributed by atoms with E-state index < -0.39 is 11.5 Å². The van der Waals surface area contributed by atoms with Crippen LogP contribution in [0.3, 0.4) is 0 Å². The third-order valence-corrected chi connectivity index (χ3v) is 6.56. The van der Waals surface area contributed by atoms with Crippen molar-refractivity contribution in [1.82, 2.24) is 4.57 Å². The fourth-order valence-electron chi connectivity index (χ4n) is 4.54. The molecule has 0 spiro atoms. The SMILES string of the molecule is Cn1c2c(c3c1C(C)(C)c1cc(OC[C@@H](O)CCO)ccc1C3=O)C=CCC(Br)=C2. The fourth-order valence-corrected chi connectivity index (χ4v) is 4.94. The lowest BCUT2D eigenvalue weighted by atomic mass is 9.71. The van der Waals surface area contributed by atoms with Gasteiger partial charge in [-0.3, -0.25) is 4.79 Å². The molecule has 1 aromatic carbocycles. The number of fused-ring (bicyclic) bond motifs is 4. The average Bonchev–Trinajstić information content (AvgIpc) is 2.85. The van der Waals surface area contributed by atoms with Crippen molar-refractivity contribution in [1.29, 1.82) is 0 Å². The first-order valence-electron chi connectivity index (χ1n) is 10.1. The van der Waals surface area contributed by atoms with Gasteiger partial charge in [0.2, 0.25) is 0 Å². The fraction of sp³-hybridized carbons (Fsp3) is 0.375. The van der Waals surface area contributed by atoms with E-state index in [0.29, 0.717) is 11.3 Å². The summed E-state index contributed by atoms with van der Waals surface area (Å²) >= 11 is 3.62. The van der Waals surface area contributed by atoms with Crippen LogP contribution in [0.4, 0.5) is 0 Å². The summed E-state index contributed by atoms with van der Waals surface area (Å²) in [5.74, 6) is 0.632. The zero-order valence-electron chi connectivity index (χ0n) is 17.4. The van der Waals surface area contributed by atoms with Crippen molar-refractivity contribution < 1.29 is 19.7 Å². The summed E-state index contributed by atoms with van der Waals surface area (Å²) < 4.78 is 8.94. The molecule has 0 aliphatic heterocycles. The molecule has 4 rings (SSSR count). The molecule has 30 heavy (non-hydrogen) atoms. The van der Waals surface area contributed by atoms with E-state index in [9.17, 15) is 9.90 Å². The second kappa shape index (κ2) is 7.84. The quantitative estimate of drug-likeness (QED) is 0.686. The van der Waals surface area contributed by atoms with E-state index in [0.717, 1.165) is 39.0 Å².